The Hall–Kier alpha value is -2.45. The molecule has 2 heterocycles. The number of thioether (sulfide) groups is 1. The number of carbonyl (C=O) groups is 1. The largest absolute Gasteiger partial charge is 0.494 e. The first-order chi connectivity index (χ1) is 14.9. The number of amides is 1. The van der Waals surface area contributed by atoms with E-state index in [4.69, 9.17) is 10.1 Å². The van der Waals surface area contributed by atoms with Crippen molar-refractivity contribution in [2.24, 2.45) is 11.8 Å². The molecule has 8 heteroatoms. The van der Waals surface area contributed by atoms with Crippen LogP contribution in [0.4, 0.5) is 8.78 Å². The molecule has 4 rings (SSSR count). The molecule has 0 spiro atoms. The highest BCUT2D eigenvalue weighted by molar-refractivity contribution is 8.15. The first-order valence-electron chi connectivity index (χ1n) is 10.4. The van der Waals surface area contributed by atoms with Crippen LogP contribution in [0.5, 0.6) is 0 Å². The van der Waals surface area contributed by atoms with Crippen LogP contribution < -0.4 is 10.6 Å². The van der Waals surface area contributed by atoms with Gasteiger partial charge in [0.15, 0.2) is 0 Å². The van der Waals surface area contributed by atoms with Crippen molar-refractivity contribution in [1.82, 2.24) is 10.6 Å². The summed E-state index contributed by atoms with van der Waals surface area (Å²) in [4.78, 5) is 12.0. The average molecular weight is 446 g/mol. The number of nitrogens with one attached hydrogen (secondary N) is 3. The zero-order valence-electron chi connectivity index (χ0n) is 17.0. The summed E-state index contributed by atoms with van der Waals surface area (Å²) < 4.78 is 33.9. The first-order valence-corrected chi connectivity index (χ1v) is 11.2. The van der Waals surface area contributed by atoms with Crippen molar-refractivity contribution in [3.8, 4) is 0 Å². The fourth-order valence-corrected chi connectivity index (χ4v) is 5.27. The van der Waals surface area contributed by atoms with Crippen LogP contribution in [-0.4, -0.2) is 35.5 Å². The van der Waals surface area contributed by atoms with Crippen LogP contribution in [-0.2, 0) is 9.53 Å². The minimum atomic E-state index is -0.915. The maximum absolute atomic E-state index is 14.4. The quantitative estimate of drug-likeness (QED) is 0.365. The number of hydrogen-bond donors (Lipinski definition) is 3. The van der Waals surface area contributed by atoms with Gasteiger partial charge in [0, 0.05) is 17.9 Å². The Bertz CT molecular complexity index is 958. The molecule has 0 saturated carbocycles. The molecule has 1 aromatic carbocycles. The van der Waals surface area contributed by atoms with Gasteiger partial charge in [0.25, 0.3) is 0 Å². The summed E-state index contributed by atoms with van der Waals surface area (Å²) in [6.45, 7) is 2.08. The van der Waals surface area contributed by atoms with E-state index in [0.717, 1.165) is 43.1 Å². The zero-order valence-corrected chi connectivity index (χ0v) is 17.8. The van der Waals surface area contributed by atoms with E-state index in [-0.39, 0.29) is 28.4 Å². The fraction of sp³-hybridized carbons (Fsp3) is 0.391. The molecule has 31 heavy (non-hydrogen) atoms. The van der Waals surface area contributed by atoms with Crippen LogP contribution in [0, 0.1) is 28.9 Å². The van der Waals surface area contributed by atoms with E-state index in [0.29, 0.717) is 31.6 Å². The predicted octanol–water partition coefficient (Wildman–Crippen LogP) is 3.88. The zero-order chi connectivity index (χ0) is 21.8. The van der Waals surface area contributed by atoms with Crippen LogP contribution in [0.2, 0.25) is 0 Å². The normalized spacial score (nSPS) is 25.4. The second-order valence-electron chi connectivity index (χ2n) is 8.01. The van der Waals surface area contributed by atoms with Crippen LogP contribution >= 0.6 is 11.8 Å². The van der Waals surface area contributed by atoms with Gasteiger partial charge in [-0.25, -0.2) is 8.78 Å². The Morgan fingerprint density at radius 2 is 2.16 bits per heavy atom. The van der Waals surface area contributed by atoms with Crippen LogP contribution in [0.3, 0.4) is 0 Å². The van der Waals surface area contributed by atoms with Crippen molar-refractivity contribution < 1.29 is 18.3 Å². The highest BCUT2D eigenvalue weighted by Crippen LogP contribution is 2.42. The van der Waals surface area contributed by atoms with E-state index in [9.17, 15) is 13.6 Å². The van der Waals surface area contributed by atoms with Gasteiger partial charge in [0.05, 0.1) is 11.7 Å². The van der Waals surface area contributed by atoms with Gasteiger partial charge in [0.2, 0.25) is 5.91 Å². The number of hydrogen-bond acceptors (Lipinski definition) is 5. The molecule has 1 aliphatic carbocycles. The molecule has 0 radical (unpaired) electrons. The lowest BCUT2D eigenvalue weighted by atomic mass is 9.91. The number of benzene rings is 1. The molecule has 0 aromatic heterocycles. The maximum Gasteiger partial charge on any atom is 0.221 e. The summed E-state index contributed by atoms with van der Waals surface area (Å²) in [5, 5.41) is 14.8. The van der Waals surface area contributed by atoms with E-state index >= 15 is 0 Å². The van der Waals surface area contributed by atoms with E-state index < -0.39 is 16.5 Å². The van der Waals surface area contributed by atoms with Crippen molar-refractivity contribution in [3.63, 3.8) is 0 Å². The van der Waals surface area contributed by atoms with Crippen molar-refractivity contribution in [2.75, 3.05) is 19.7 Å². The topological polar surface area (TPSA) is 74.2 Å². The van der Waals surface area contributed by atoms with Crippen LogP contribution in [0.15, 0.2) is 54.3 Å². The number of fused-ring (bicyclic) bond motifs is 1. The molecule has 1 fully saturated rings. The van der Waals surface area contributed by atoms with E-state index in [1.165, 1.54) is 0 Å². The van der Waals surface area contributed by atoms with Crippen LogP contribution in [0.1, 0.15) is 24.8 Å². The van der Waals surface area contributed by atoms with Gasteiger partial charge < -0.3 is 15.4 Å². The molecule has 3 aliphatic rings. The van der Waals surface area contributed by atoms with Gasteiger partial charge in [-0.15, -0.1) is 0 Å². The van der Waals surface area contributed by atoms with E-state index in [2.05, 4.69) is 10.6 Å². The first kappa shape index (κ1) is 21.8. The SMILES string of the molecule is N=C(SC1(NC(=O)CC2CNC2)CCCOC2=CC1C=CC=C2)c1cc(F)ccc1F. The third-order valence-corrected chi connectivity index (χ3v) is 7.05. The second kappa shape index (κ2) is 9.36. The lowest BCUT2D eigenvalue weighted by molar-refractivity contribution is -0.123. The third-order valence-electron chi connectivity index (χ3n) is 5.68. The monoisotopic (exact) mass is 445 g/mol. The lowest BCUT2D eigenvalue weighted by Crippen LogP contribution is -2.53. The lowest BCUT2D eigenvalue weighted by Gasteiger charge is -2.40. The third kappa shape index (κ3) is 5.07. The fourth-order valence-electron chi connectivity index (χ4n) is 3.94. The minimum Gasteiger partial charge on any atom is -0.494 e. The summed E-state index contributed by atoms with van der Waals surface area (Å²) in [5.74, 6) is -0.678. The average Bonchev–Trinajstić information content (AvgIpc) is 2.96. The Kier molecular flexibility index (Phi) is 6.57. The van der Waals surface area contributed by atoms with Gasteiger partial charge in [-0.3, -0.25) is 10.2 Å². The Morgan fingerprint density at radius 1 is 1.32 bits per heavy atom. The predicted molar refractivity (Wildman–Crippen MR) is 118 cm³/mol. The van der Waals surface area contributed by atoms with Crippen molar-refractivity contribution in [1.29, 1.82) is 5.41 Å². The van der Waals surface area contributed by atoms with Crippen molar-refractivity contribution in [2.45, 2.75) is 24.1 Å². The molecule has 1 saturated heterocycles. The molecule has 164 valence electrons. The van der Waals surface area contributed by atoms with Gasteiger partial charge in [-0.05, 0) is 62.2 Å². The van der Waals surface area contributed by atoms with Gasteiger partial charge in [-0.2, -0.15) is 0 Å². The molecule has 5 nitrogen and oxygen atoms in total. The van der Waals surface area contributed by atoms with Crippen molar-refractivity contribution >= 4 is 22.7 Å². The maximum atomic E-state index is 14.4. The number of carbonyl (C=O) groups excluding carboxylic acids is 1. The molecular weight excluding hydrogens is 420 g/mol. The van der Waals surface area contributed by atoms with Crippen molar-refractivity contribution in [3.05, 3.63) is 71.5 Å². The molecule has 2 aliphatic heterocycles. The molecule has 2 atom stereocenters. The molecule has 2 unspecified atom stereocenters. The number of halogens is 2. The van der Waals surface area contributed by atoms with Gasteiger partial charge in [0.1, 0.15) is 22.3 Å². The number of allylic oxidation sites excluding steroid dienone is 3. The molecule has 1 aromatic rings. The summed E-state index contributed by atoms with van der Waals surface area (Å²) >= 11 is 1.08. The van der Waals surface area contributed by atoms with Gasteiger partial charge in [-0.1, -0.05) is 30.0 Å². The Balaban J connectivity index is 1.67. The summed E-state index contributed by atoms with van der Waals surface area (Å²) in [5.41, 5.74) is -0.111. The van der Waals surface area contributed by atoms with E-state index in [1.54, 1.807) is 0 Å². The Labute approximate surface area is 184 Å². The number of ether oxygens (including phenoxy) is 1. The summed E-state index contributed by atoms with van der Waals surface area (Å²) in [6, 6.07) is 3.08. The molecular formula is C23H25F2N3O2S. The highest BCUT2D eigenvalue weighted by Gasteiger charge is 2.42. The van der Waals surface area contributed by atoms with E-state index in [1.807, 2.05) is 30.4 Å². The molecule has 2 bridgehead atoms. The summed E-state index contributed by atoms with van der Waals surface area (Å²) in [6.07, 6.45) is 11.0. The second-order valence-corrected chi connectivity index (χ2v) is 9.35. The van der Waals surface area contributed by atoms with Gasteiger partial charge >= 0.3 is 0 Å². The summed E-state index contributed by atoms with van der Waals surface area (Å²) in [7, 11) is 0. The minimum absolute atomic E-state index is 0.103. The standard InChI is InChI=1S/C23H25F2N3O2S/c24-17-6-7-20(25)19(12-17)22(26)31-23(28-21(29)10-15-13-27-14-15)8-3-9-30-18-5-2-1-4-16(23)11-18/h1-2,4-7,11-12,15-16,26-27H,3,8-10,13-14H2,(H,28,29). The highest BCUT2D eigenvalue weighted by atomic mass is 32.2. The molecule has 1 amide bonds. The Morgan fingerprint density at radius 3 is 2.94 bits per heavy atom. The smallest absolute Gasteiger partial charge is 0.221 e. The number of rotatable bonds is 5. The van der Waals surface area contributed by atoms with Crippen LogP contribution in [0.25, 0.3) is 0 Å². The molecule has 3 N–H and O–H groups in total.